The number of piperidine rings is 1. The average molecular weight is 894 g/mol. The number of amides is 7. The molecule has 8 rings (SSSR count). The third kappa shape index (κ3) is 9.27. The summed E-state index contributed by atoms with van der Waals surface area (Å²) in [4.78, 5) is 97.6. The molecule has 1 unspecified atom stereocenters. The number of nitrogens with zero attached hydrogens (tertiary/aromatic N) is 4. The minimum absolute atomic E-state index is 0.00929. The van der Waals surface area contributed by atoms with Crippen LogP contribution in [0.2, 0.25) is 0 Å². The van der Waals surface area contributed by atoms with Gasteiger partial charge in [0.15, 0.2) is 5.13 Å². The van der Waals surface area contributed by atoms with Crippen LogP contribution in [0.25, 0.3) is 11.3 Å². The highest BCUT2D eigenvalue weighted by atomic mass is 32.2. The lowest BCUT2D eigenvalue weighted by molar-refractivity contribution is -0.136. The Labute approximate surface area is 364 Å². The zero-order valence-electron chi connectivity index (χ0n) is 33.5. The maximum Gasteiger partial charge on any atom is 0.266 e. The van der Waals surface area contributed by atoms with Gasteiger partial charge in [-0.25, -0.2) is 13.4 Å². The van der Waals surface area contributed by atoms with Gasteiger partial charge in [0, 0.05) is 54.3 Å². The summed E-state index contributed by atoms with van der Waals surface area (Å²) in [6, 6.07) is 19.8. The molecule has 0 radical (unpaired) electrons. The van der Waals surface area contributed by atoms with Gasteiger partial charge in [0.25, 0.3) is 29.5 Å². The lowest BCUT2D eigenvalue weighted by Gasteiger charge is -2.39. The molecule has 0 saturated carbocycles. The Hall–Kier alpha value is -7.03. The smallest absolute Gasteiger partial charge is 0.266 e. The number of anilines is 1. The predicted octanol–water partition coefficient (Wildman–Crippen LogP) is 2.93. The highest BCUT2D eigenvalue weighted by Gasteiger charge is 2.46. The molecule has 324 valence electrons. The van der Waals surface area contributed by atoms with E-state index in [0.29, 0.717) is 35.0 Å². The second-order valence-electron chi connectivity index (χ2n) is 15.1. The molecule has 0 bridgehead atoms. The number of carbonyl (C=O) groups excluding carboxylic acids is 7. The predicted molar refractivity (Wildman–Crippen MR) is 226 cm³/mol. The summed E-state index contributed by atoms with van der Waals surface area (Å²) in [7, 11) is -3.64. The highest BCUT2D eigenvalue weighted by molar-refractivity contribution is 7.89. The normalized spacial score (nSPS) is 16.9. The molecule has 7 amide bonds. The van der Waals surface area contributed by atoms with Crippen molar-refractivity contribution in [3.05, 3.63) is 124 Å². The number of carbonyl (C=O) groups is 7. The Kier molecular flexibility index (Phi) is 12.0. The van der Waals surface area contributed by atoms with Gasteiger partial charge >= 0.3 is 0 Å². The Morgan fingerprint density at radius 1 is 0.937 bits per heavy atom. The molecule has 2 fully saturated rings. The van der Waals surface area contributed by atoms with E-state index in [1.54, 1.807) is 46.7 Å². The number of nitrogens with one attached hydrogen (secondary N) is 3. The van der Waals surface area contributed by atoms with Gasteiger partial charge in [-0.15, -0.1) is 11.3 Å². The number of rotatable bonds is 15. The number of hydrogen-bond donors (Lipinski definition) is 3. The molecule has 2 saturated heterocycles. The van der Waals surface area contributed by atoms with Crippen LogP contribution in [-0.4, -0.2) is 113 Å². The molecular formula is C43H39N7O11S2. The Bertz CT molecular complexity index is 2750. The van der Waals surface area contributed by atoms with E-state index in [1.165, 1.54) is 29.7 Å². The summed E-state index contributed by atoms with van der Waals surface area (Å²) in [5, 5.41) is 9.63. The van der Waals surface area contributed by atoms with Gasteiger partial charge in [0.05, 0.1) is 48.5 Å². The van der Waals surface area contributed by atoms with Crippen molar-refractivity contribution in [1.82, 2.24) is 29.4 Å². The number of imide groups is 2. The van der Waals surface area contributed by atoms with Crippen LogP contribution in [0.1, 0.15) is 59.8 Å². The Morgan fingerprint density at radius 2 is 1.70 bits per heavy atom. The molecule has 3 aliphatic rings. The summed E-state index contributed by atoms with van der Waals surface area (Å²) in [6.45, 7) is 0.711. The first-order chi connectivity index (χ1) is 30.2. The number of benzene rings is 3. The van der Waals surface area contributed by atoms with Gasteiger partial charge in [0.1, 0.15) is 17.8 Å². The fraction of sp³-hybridized carbons (Fsp3) is 0.256. The largest absolute Gasteiger partial charge is 0.492 e. The third-order valence-corrected chi connectivity index (χ3v) is 12.4. The minimum Gasteiger partial charge on any atom is -0.492 e. The summed E-state index contributed by atoms with van der Waals surface area (Å²) < 4.78 is 36.7. The fourth-order valence-corrected chi connectivity index (χ4v) is 8.59. The lowest BCUT2D eigenvalue weighted by atomic mass is 9.99. The molecule has 3 aromatic carbocycles. The first kappa shape index (κ1) is 42.7. The van der Waals surface area contributed by atoms with E-state index in [1.807, 2.05) is 30.3 Å². The number of thiazole rings is 1. The Balaban J connectivity index is 0.838. The van der Waals surface area contributed by atoms with E-state index in [-0.39, 0.29) is 66.9 Å². The van der Waals surface area contributed by atoms with Crippen LogP contribution < -0.4 is 20.7 Å². The van der Waals surface area contributed by atoms with E-state index in [0.717, 1.165) is 26.9 Å². The molecule has 18 nitrogen and oxygen atoms in total. The van der Waals surface area contributed by atoms with Crippen LogP contribution in [0, 0.1) is 5.92 Å². The van der Waals surface area contributed by atoms with Crippen molar-refractivity contribution < 1.29 is 51.5 Å². The topological polar surface area (TPSA) is 232 Å². The van der Waals surface area contributed by atoms with E-state index in [9.17, 15) is 42.0 Å². The minimum atomic E-state index is -3.64. The van der Waals surface area contributed by atoms with Gasteiger partial charge in [-0.3, -0.25) is 47.8 Å². The van der Waals surface area contributed by atoms with Crippen molar-refractivity contribution in [1.29, 1.82) is 0 Å². The molecule has 5 aromatic rings. The van der Waals surface area contributed by atoms with E-state index < -0.39 is 57.6 Å². The molecule has 63 heavy (non-hydrogen) atoms. The summed E-state index contributed by atoms with van der Waals surface area (Å²) in [6.07, 6.45) is 3.42. The monoisotopic (exact) mass is 893 g/mol. The van der Waals surface area contributed by atoms with Gasteiger partial charge in [0.2, 0.25) is 21.8 Å². The number of aromatic nitrogens is 2. The molecular weight excluding hydrogens is 855 g/mol. The average Bonchev–Trinajstić information content (AvgIpc) is 4.00. The van der Waals surface area contributed by atoms with Crippen molar-refractivity contribution >= 4 is 67.8 Å². The summed E-state index contributed by atoms with van der Waals surface area (Å²) in [5.74, 6) is -3.82. The SMILES string of the molecule is CS(=O)(=O)n1ccc(C(=O)N[C@@H](COCc2ccc(C(=O)N3CC(COc4cccc5c4C(=O)N(C4CCC(=O)NC4=O)C5=O)C3)cc2)C(=O)Nc2nc(-c3ccccc3)cs2)c1. The maximum atomic E-state index is 13.5. The van der Waals surface area contributed by atoms with E-state index in [2.05, 4.69) is 20.9 Å². The number of likely N-dealkylation sites (tertiary alicyclic amines) is 1. The molecule has 0 aliphatic carbocycles. The first-order valence-electron chi connectivity index (χ1n) is 19.7. The second-order valence-corrected chi connectivity index (χ2v) is 17.9. The molecule has 20 heteroatoms. The van der Waals surface area contributed by atoms with Gasteiger partial charge in [-0.1, -0.05) is 48.5 Å². The van der Waals surface area contributed by atoms with Gasteiger partial charge < -0.3 is 25.0 Å². The van der Waals surface area contributed by atoms with Crippen molar-refractivity contribution in [3.63, 3.8) is 0 Å². The molecule has 5 heterocycles. The molecule has 2 atom stereocenters. The van der Waals surface area contributed by atoms with E-state index >= 15 is 0 Å². The van der Waals surface area contributed by atoms with Gasteiger partial charge in [-0.05, 0) is 42.3 Å². The number of ether oxygens (including phenoxy) is 2. The van der Waals surface area contributed by atoms with Crippen LogP contribution in [0.4, 0.5) is 5.13 Å². The third-order valence-electron chi connectivity index (χ3n) is 10.6. The number of hydrogen-bond acceptors (Lipinski definition) is 13. The van der Waals surface area contributed by atoms with Crippen molar-refractivity contribution in [2.24, 2.45) is 5.92 Å². The van der Waals surface area contributed by atoms with Crippen molar-refractivity contribution in [2.75, 3.05) is 37.9 Å². The van der Waals surface area contributed by atoms with Crippen molar-refractivity contribution in [2.45, 2.75) is 31.5 Å². The molecule has 0 spiro atoms. The highest BCUT2D eigenvalue weighted by Crippen LogP contribution is 2.34. The number of fused-ring (bicyclic) bond motifs is 1. The van der Waals surface area contributed by atoms with Crippen LogP contribution in [0.3, 0.4) is 0 Å². The second kappa shape index (κ2) is 17.8. The van der Waals surface area contributed by atoms with Crippen LogP contribution in [0.15, 0.2) is 96.6 Å². The Morgan fingerprint density at radius 3 is 2.41 bits per heavy atom. The molecule has 3 aliphatic heterocycles. The zero-order chi connectivity index (χ0) is 44.4. The quantitative estimate of drug-likeness (QED) is 0.129. The first-order valence-corrected chi connectivity index (χ1v) is 22.4. The standard InChI is InChI=1S/C43H39N7O11S2/c1-63(58,59)49-17-16-29(20-49)37(52)44-31(38(53)47-43-45-32(24-62-43)27-6-3-2-4-7-27)23-60-21-25-10-12-28(13-11-25)40(55)48-18-26(19-48)22-61-34-9-5-8-30-36(34)42(57)50(41(30)56)33-14-15-35(51)46-39(33)54/h2-13,16-17,20,24,26,31,33H,14-15,18-19,21-23H2,1H3,(H,44,52)(H,45,47,53)(H,46,51,54)/t31-,33?/m0/s1. The summed E-state index contributed by atoms with van der Waals surface area (Å²) in [5.41, 5.74) is 2.83. The molecule has 2 aromatic heterocycles. The van der Waals surface area contributed by atoms with Crippen LogP contribution >= 0.6 is 11.3 Å². The lowest BCUT2D eigenvalue weighted by Crippen LogP contribution is -2.54. The maximum absolute atomic E-state index is 13.5. The van der Waals surface area contributed by atoms with Crippen LogP contribution in [-0.2, 0) is 35.8 Å². The fourth-order valence-electron chi connectivity index (χ4n) is 7.28. The van der Waals surface area contributed by atoms with Crippen molar-refractivity contribution in [3.8, 4) is 17.0 Å². The zero-order valence-corrected chi connectivity index (χ0v) is 35.1. The van der Waals surface area contributed by atoms with Gasteiger partial charge in [-0.2, -0.15) is 0 Å². The molecule has 3 N–H and O–H groups in total. The van der Waals surface area contributed by atoms with Crippen LogP contribution in [0.5, 0.6) is 5.75 Å². The van der Waals surface area contributed by atoms with E-state index in [4.69, 9.17) is 9.47 Å². The summed E-state index contributed by atoms with van der Waals surface area (Å²) >= 11 is 1.21.